The SMILES string of the molecule is COc1ccccc1NC(=O)C[NH+](C)Cc1c(C)nn([C@@H]2CCS(=O)(=O)C2)c1C. The van der Waals surface area contributed by atoms with Crippen molar-refractivity contribution in [1.29, 1.82) is 0 Å². The van der Waals surface area contributed by atoms with Crippen molar-refractivity contribution in [1.82, 2.24) is 9.78 Å². The second kappa shape index (κ2) is 8.54. The number of amides is 1. The summed E-state index contributed by atoms with van der Waals surface area (Å²) in [5, 5.41) is 7.50. The summed E-state index contributed by atoms with van der Waals surface area (Å²) >= 11 is 0. The van der Waals surface area contributed by atoms with Crippen molar-refractivity contribution in [2.24, 2.45) is 0 Å². The van der Waals surface area contributed by atoms with Gasteiger partial charge in [-0.25, -0.2) is 8.42 Å². The number of nitrogens with zero attached hydrogens (tertiary/aromatic N) is 2. The molecule has 3 rings (SSSR count). The molecule has 1 aliphatic rings. The number of quaternary nitrogens is 1. The van der Waals surface area contributed by atoms with E-state index in [1.807, 2.05) is 37.7 Å². The highest BCUT2D eigenvalue weighted by Gasteiger charge is 2.32. The Kier molecular flexibility index (Phi) is 6.28. The normalized spacial score (nSPS) is 19.1. The summed E-state index contributed by atoms with van der Waals surface area (Å²) in [6.45, 7) is 4.84. The van der Waals surface area contributed by atoms with Crippen molar-refractivity contribution in [2.45, 2.75) is 32.9 Å². The fourth-order valence-corrected chi connectivity index (χ4v) is 5.55. The lowest BCUT2D eigenvalue weighted by molar-refractivity contribution is -0.885. The summed E-state index contributed by atoms with van der Waals surface area (Å²) in [5.41, 5.74) is 3.58. The molecule has 9 heteroatoms. The van der Waals surface area contributed by atoms with Crippen molar-refractivity contribution in [2.75, 3.05) is 37.5 Å². The Morgan fingerprint density at radius 3 is 2.72 bits per heavy atom. The Balaban J connectivity index is 1.65. The molecule has 0 bridgehead atoms. The summed E-state index contributed by atoms with van der Waals surface area (Å²) in [6.07, 6.45) is 0.605. The van der Waals surface area contributed by atoms with Gasteiger partial charge in [0.15, 0.2) is 16.4 Å². The van der Waals surface area contributed by atoms with Crippen LogP contribution in [0.5, 0.6) is 5.75 Å². The van der Waals surface area contributed by atoms with Gasteiger partial charge in [0.1, 0.15) is 12.3 Å². The minimum Gasteiger partial charge on any atom is -0.495 e. The first-order chi connectivity index (χ1) is 13.7. The van der Waals surface area contributed by atoms with Crippen LogP contribution in [-0.2, 0) is 21.2 Å². The van der Waals surface area contributed by atoms with Gasteiger partial charge >= 0.3 is 0 Å². The van der Waals surface area contributed by atoms with E-state index < -0.39 is 9.84 Å². The van der Waals surface area contributed by atoms with Gasteiger partial charge in [-0.2, -0.15) is 5.10 Å². The number of hydrogen-bond donors (Lipinski definition) is 2. The van der Waals surface area contributed by atoms with Gasteiger partial charge < -0.3 is 15.0 Å². The maximum atomic E-state index is 12.5. The third kappa shape index (κ3) is 4.97. The summed E-state index contributed by atoms with van der Waals surface area (Å²) in [6, 6.07) is 7.21. The predicted molar refractivity (Wildman–Crippen MR) is 111 cm³/mol. The van der Waals surface area contributed by atoms with E-state index in [2.05, 4.69) is 10.4 Å². The molecule has 2 N–H and O–H groups in total. The van der Waals surface area contributed by atoms with E-state index >= 15 is 0 Å². The average molecular weight is 422 g/mol. The second-order valence-corrected chi connectivity index (χ2v) is 9.94. The van der Waals surface area contributed by atoms with E-state index in [4.69, 9.17) is 4.74 Å². The predicted octanol–water partition coefficient (Wildman–Crippen LogP) is 0.522. The number of carbonyl (C=O) groups is 1. The number of aryl methyl sites for hydroxylation is 1. The molecule has 0 aliphatic carbocycles. The number of ether oxygens (including phenoxy) is 1. The lowest BCUT2D eigenvalue weighted by Gasteiger charge is -2.16. The number of anilines is 1. The number of rotatable bonds is 7. The van der Waals surface area contributed by atoms with Gasteiger partial charge in [-0.3, -0.25) is 9.48 Å². The van der Waals surface area contributed by atoms with Gasteiger partial charge in [-0.15, -0.1) is 0 Å². The Bertz CT molecular complexity index is 1000. The molecule has 1 aromatic carbocycles. The molecule has 1 amide bonds. The topological polar surface area (TPSA) is 94.7 Å². The van der Waals surface area contributed by atoms with Crippen LogP contribution < -0.4 is 15.0 Å². The van der Waals surface area contributed by atoms with E-state index in [9.17, 15) is 13.2 Å². The zero-order valence-electron chi connectivity index (χ0n) is 17.4. The number of aromatic nitrogens is 2. The van der Waals surface area contributed by atoms with Crippen molar-refractivity contribution in [3.8, 4) is 5.75 Å². The monoisotopic (exact) mass is 421 g/mol. The fraction of sp³-hybridized carbons (Fsp3) is 0.500. The summed E-state index contributed by atoms with van der Waals surface area (Å²) < 4.78 is 30.8. The highest BCUT2D eigenvalue weighted by molar-refractivity contribution is 7.91. The molecule has 0 radical (unpaired) electrons. The number of sulfone groups is 1. The van der Waals surface area contributed by atoms with Crippen LogP contribution in [-0.4, -0.2) is 56.3 Å². The van der Waals surface area contributed by atoms with Crippen LogP contribution >= 0.6 is 0 Å². The number of nitrogens with one attached hydrogen (secondary N) is 2. The van der Waals surface area contributed by atoms with Crippen LogP contribution in [0, 0.1) is 13.8 Å². The summed E-state index contributed by atoms with van der Waals surface area (Å²) in [7, 11) is 0.559. The molecule has 0 saturated carbocycles. The number of para-hydroxylation sites is 2. The highest BCUT2D eigenvalue weighted by Crippen LogP contribution is 2.26. The van der Waals surface area contributed by atoms with Crippen LogP contribution in [0.4, 0.5) is 5.69 Å². The van der Waals surface area contributed by atoms with Crippen LogP contribution in [0.2, 0.25) is 0 Å². The van der Waals surface area contributed by atoms with Gasteiger partial charge in [-0.05, 0) is 32.4 Å². The second-order valence-electron chi connectivity index (χ2n) is 7.71. The third-order valence-corrected chi connectivity index (χ3v) is 7.10. The van der Waals surface area contributed by atoms with Crippen molar-refractivity contribution < 1.29 is 22.8 Å². The van der Waals surface area contributed by atoms with Crippen LogP contribution in [0.1, 0.15) is 29.4 Å². The van der Waals surface area contributed by atoms with Crippen LogP contribution in [0.15, 0.2) is 24.3 Å². The molecule has 1 aromatic heterocycles. The van der Waals surface area contributed by atoms with Gasteiger partial charge in [0.05, 0.1) is 48.6 Å². The maximum Gasteiger partial charge on any atom is 0.279 e. The minimum absolute atomic E-state index is 0.0957. The zero-order valence-corrected chi connectivity index (χ0v) is 18.2. The Morgan fingerprint density at radius 1 is 1.34 bits per heavy atom. The third-order valence-electron chi connectivity index (χ3n) is 5.35. The smallest absolute Gasteiger partial charge is 0.279 e. The lowest BCUT2D eigenvalue weighted by Crippen LogP contribution is -3.08. The van der Waals surface area contributed by atoms with E-state index in [1.54, 1.807) is 19.2 Å². The van der Waals surface area contributed by atoms with Gasteiger partial charge in [0.25, 0.3) is 5.91 Å². The van der Waals surface area contributed by atoms with Gasteiger partial charge in [0, 0.05) is 5.69 Å². The van der Waals surface area contributed by atoms with Crippen molar-refractivity contribution >= 4 is 21.4 Å². The Hall–Kier alpha value is -2.39. The average Bonchev–Trinajstić information content (AvgIpc) is 3.15. The number of hydrogen-bond acceptors (Lipinski definition) is 5. The maximum absolute atomic E-state index is 12.5. The Morgan fingerprint density at radius 2 is 2.07 bits per heavy atom. The molecule has 158 valence electrons. The lowest BCUT2D eigenvalue weighted by atomic mass is 10.1. The van der Waals surface area contributed by atoms with E-state index in [1.165, 1.54) is 0 Å². The van der Waals surface area contributed by atoms with Crippen molar-refractivity contribution in [3.05, 3.63) is 41.2 Å². The number of benzene rings is 1. The molecule has 1 unspecified atom stereocenters. The first-order valence-electron chi connectivity index (χ1n) is 9.69. The molecule has 29 heavy (non-hydrogen) atoms. The molecular weight excluding hydrogens is 392 g/mol. The molecular formula is C20H29N4O4S+. The van der Waals surface area contributed by atoms with E-state index in [0.29, 0.717) is 30.9 Å². The molecule has 2 heterocycles. The van der Waals surface area contributed by atoms with Crippen molar-refractivity contribution in [3.63, 3.8) is 0 Å². The molecule has 8 nitrogen and oxygen atoms in total. The number of methoxy groups -OCH3 is 1. The first kappa shape index (κ1) is 21.3. The highest BCUT2D eigenvalue weighted by atomic mass is 32.2. The summed E-state index contributed by atoms with van der Waals surface area (Å²) in [4.78, 5) is 13.5. The molecule has 1 aliphatic heterocycles. The standard InChI is InChI=1S/C20H28N4O4S/c1-14-17(15(2)24(22-14)16-9-10-29(26,27)13-16)11-23(3)12-20(25)21-18-7-5-6-8-19(18)28-4/h5-8,16H,9-13H2,1-4H3,(H,21,25)/p+1/t16-/m1/s1. The number of carbonyl (C=O) groups excluding carboxylic acids is 1. The molecule has 2 aromatic rings. The largest absolute Gasteiger partial charge is 0.495 e. The Labute approximate surface area is 171 Å². The van der Waals surface area contributed by atoms with E-state index in [-0.39, 0.29) is 23.5 Å². The zero-order chi connectivity index (χ0) is 21.2. The molecule has 1 fully saturated rings. The number of likely N-dealkylation sites (N-methyl/N-ethyl adjacent to an activating group) is 1. The summed E-state index contributed by atoms with van der Waals surface area (Å²) in [5.74, 6) is 0.896. The molecule has 0 spiro atoms. The van der Waals surface area contributed by atoms with Gasteiger partial charge in [-0.1, -0.05) is 12.1 Å². The minimum atomic E-state index is -2.97. The molecule has 1 saturated heterocycles. The van der Waals surface area contributed by atoms with Gasteiger partial charge in [0.2, 0.25) is 0 Å². The fourth-order valence-electron chi connectivity index (χ4n) is 3.86. The van der Waals surface area contributed by atoms with Crippen LogP contribution in [0.25, 0.3) is 0 Å². The van der Waals surface area contributed by atoms with Crippen LogP contribution in [0.3, 0.4) is 0 Å². The molecule has 2 atom stereocenters. The first-order valence-corrected chi connectivity index (χ1v) is 11.5. The van der Waals surface area contributed by atoms with E-state index in [0.717, 1.165) is 21.9 Å². The quantitative estimate of drug-likeness (QED) is 0.680.